The molecule has 21 heavy (non-hydrogen) atoms. The molecule has 3 nitrogen and oxygen atoms in total. The van der Waals surface area contributed by atoms with E-state index in [4.69, 9.17) is 9.47 Å². The Morgan fingerprint density at radius 2 is 2.00 bits per heavy atom. The number of hydrogen-bond donors (Lipinski definition) is 1. The average Bonchev–Trinajstić information content (AvgIpc) is 2.47. The van der Waals surface area contributed by atoms with Gasteiger partial charge < -0.3 is 14.8 Å². The van der Waals surface area contributed by atoms with Crippen LogP contribution in [0.15, 0.2) is 18.2 Å². The summed E-state index contributed by atoms with van der Waals surface area (Å²) in [5.41, 5.74) is 0.430. The van der Waals surface area contributed by atoms with Crippen molar-refractivity contribution in [3.63, 3.8) is 0 Å². The summed E-state index contributed by atoms with van der Waals surface area (Å²) in [6.45, 7) is 2.64. The van der Waals surface area contributed by atoms with Gasteiger partial charge in [-0.3, -0.25) is 0 Å². The van der Waals surface area contributed by atoms with Crippen LogP contribution in [0, 0.1) is 11.6 Å². The highest BCUT2D eigenvalue weighted by Gasteiger charge is 2.38. The monoisotopic (exact) mass is 297 g/mol. The van der Waals surface area contributed by atoms with Crippen molar-refractivity contribution in [3.05, 3.63) is 35.4 Å². The van der Waals surface area contributed by atoms with Crippen molar-refractivity contribution in [2.75, 3.05) is 19.8 Å². The van der Waals surface area contributed by atoms with E-state index >= 15 is 0 Å². The zero-order chi connectivity index (χ0) is 14.7. The van der Waals surface area contributed by atoms with E-state index in [0.717, 1.165) is 51.6 Å². The molecule has 1 atom stereocenters. The summed E-state index contributed by atoms with van der Waals surface area (Å²) in [6.07, 6.45) is 3.71. The van der Waals surface area contributed by atoms with E-state index < -0.39 is 11.6 Å². The highest BCUT2D eigenvalue weighted by molar-refractivity contribution is 5.18. The molecule has 1 unspecified atom stereocenters. The molecular weight excluding hydrogens is 276 g/mol. The summed E-state index contributed by atoms with van der Waals surface area (Å²) in [5, 5.41) is 3.39. The van der Waals surface area contributed by atoms with Crippen LogP contribution in [0.1, 0.15) is 31.2 Å². The maximum atomic E-state index is 13.6. The average molecular weight is 297 g/mol. The summed E-state index contributed by atoms with van der Waals surface area (Å²) in [7, 11) is 0. The predicted octanol–water partition coefficient (Wildman–Crippen LogP) is 2.78. The molecule has 2 saturated heterocycles. The molecule has 0 radical (unpaired) electrons. The lowest BCUT2D eigenvalue weighted by Gasteiger charge is -2.43. The molecule has 1 N–H and O–H groups in total. The van der Waals surface area contributed by atoms with Gasteiger partial charge in [-0.05, 0) is 31.7 Å². The molecule has 116 valence electrons. The van der Waals surface area contributed by atoms with Crippen LogP contribution in [0.25, 0.3) is 0 Å². The molecule has 0 amide bonds. The number of nitrogens with one attached hydrogen (secondary N) is 1. The Kier molecular flexibility index (Phi) is 4.52. The zero-order valence-corrected chi connectivity index (χ0v) is 12.0. The van der Waals surface area contributed by atoms with E-state index in [1.54, 1.807) is 0 Å². The van der Waals surface area contributed by atoms with Crippen LogP contribution < -0.4 is 5.32 Å². The highest BCUT2D eigenvalue weighted by atomic mass is 19.1. The maximum absolute atomic E-state index is 13.6. The zero-order valence-electron chi connectivity index (χ0n) is 12.0. The Morgan fingerprint density at radius 3 is 2.76 bits per heavy atom. The lowest BCUT2D eigenvalue weighted by atomic mass is 9.84. The van der Waals surface area contributed by atoms with Gasteiger partial charge in [0.25, 0.3) is 0 Å². The number of hydrogen-bond acceptors (Lipinski definition) is 3. The van der Waals surface area contributed by atoms with Crippen LogP contribution in [0.4, 0.5) is 8.78 Å². The Morgan fingerprint density at radius 1 is 1.19 bits per heavy atom. The first-order valence-electron chi connectivity index (χ1n) is 7.56. The molecular formula is C16H21F2NO2. The first-order chi connectivity index (χ1) is 10.2. The summed E-state index contributed by atoms with van der Waals surface area (Å²) in [5.74, 6) is -1.03. The van der Waals surface area contributed by atoms with Gasteiger partial charge in [0.05, 0.1) is 5.60 Å². The number of benzene rings is 1. The summed E-state index contributed by atoms with van der Waals surface area (Å²) >= 11 is 0. The summed E-state index contributed by atoms with van der Waals surface area (Å²) in [4.78, 5) is 0. The fraction of sp³-hybridized carbons (Fsp3) is 0.625. The molecule has 1 spiro atoms. The molecule has 0 bridgehead atoms. The molecule has 2 fully saturated rings. The molecule has 0 aliphatic carbocycles. The van der Waals surface area contributed by atoms with Gasteiger partial charge in [0.2, 0.25) is 0 Å². The SMILES string of the molecule is Fc1ccc(CNC2CCOC3(CCOCC3)C2)c(F)c1. The first-order valence-corrected chi connectivity index (χ1v) is 7.56. The minimum atomic E-state index is -0.538. The highest BCUT2D eigenvalue weighted by Crippen LogP contribution is 2.34. The molecule has 3 rings (SSSR count). The number of rotatable bonds is 3. The Labute approximate surface area is 123 Å². The second-order valence-corrected chi connectivity index (χ2v) is 5.95. The molecule has 0 aromatic heterocycles. The predicted molar refractivity (Wildman–Crippen MR) is 75.0 cm³/mol. The molecule has 1 aromatic rings. The van der Waals surface area contributed by atoms with Gasteiger partial charge in [0, 0.05) is 44.0 Å². The third kappa shape index (κ3) is 3.59. The third-order valence-corrected chi connectivity index (χ3v) is 4.49. The van der Waals surface area contributed by atoms with Gasteiger partial charge in [0.1, 0.15) is 11.6 Å². The van der Waals surface area contributed by atoms with Gasteiger partial charge in [0.15, 0.2) is 0 Å². The van der Waals surface area contributed by atoms with E-state index in [9.17, 15) is 8.78 Å². The molecule has 2 aliphatic heterocycles. The second-order valence-electron chi connectivity index (χ2n) is 5.95. The third-order valence-electron chi connectivity index (χ3n) is 4.49. The maximum Gasteiger partial charge on any atom is 0.130 e. The standard InChI is InChI=1S/C16H21F2NO2/c17-13-2-1-12(15(18)9-13)11-19-14-3-6-21-16(10-14)4-7-20-8-5-16/h1-2,9,14,19H,3-8,10-11H2. The normalized spacial score (nSPS) is 25.1. The molecule has 0 saturated carbocycles. The van der Waals surface area contributed by atoms with Crippen molar-refractivity contribution in [1.29, 1.82) is 0 Å². The molecule has 1 aromatic carbocycles. The molecule has 5 heteroatoms. The Balaban J connectivity index is 1.57. The lowest BCUT2D eigenvalue weighted by molar-refractivity contribution is -0.140. The quantitative estimate of drug-likeness (QED) is 0.930. The molecule has 2 aliphatic rings. The van der Waals surface area contributed by atoms with Crippen LogP contribution in [-0.4, -0.2) is 31.5 Å². The Bertz CT molecular complexity index is 484. The topological polar surface area (TPSA) is 30.5 Å². The lowest BCUT2D eigenvalue weighted by Crippen LogP contribution is -2.49. The van der Waals surface area contributed by atoms with Crippen molar-refractivity contribution in [2.45, 2.75) is 43.9 Å². The fourth-order valence-electron chi connectivity index (χ4n) is 3.21. The first kappa shape index (κ1) is 14.9. The fourth-order valence-corrected chi connectivity index (χ4v) is 3.21. The van der Waals surface area contributed by atoms with Crippen LogP contribution in [0.2, 0.25) is 0 Å². The van der Waals surface area contributed by atoms with Crippen molar-refractivity contribution < 1.29 is 18.3 Å². The molecule has 2 heterocycles. The van der Waals surface area contributed by atoms with Gasteiger partial charge in [-0.1, -0.05) is 6.07 Å². The number of ether oxygens (including phenoxy) is 2. The smallest absolute Gasteiger partial charge is 0.130 e. The minimum Gasteiger partial charge on any atom is -0.381 e. The van der Waals surface area contributed by atoms with E-state index in [1.165, 1.54) is 12.1 Å². The minimum absolute atomic E-state index is 0.0739. The van der Waals surface area contributed by atoms with Crippen molar-refractivity contribution in [1.82, 2.24) is 5.32 Å². The summed E-state index contributed by atoms with van der Waals surface area (Å²) in [6, 6.07) is 4.04. The number of halogens is 2. The van der Waals surface area contributed by atoms with Gasteiger partial charge in [-0.25, -0.2) is 8.78 Å². The van der Waals surface area contributed by atoms with Gasteiger partial charge in [-0.15, -0.1) is 0 Å². The largest absolute Gasteiger partial charge is 0.381 e. The van der Waals surface area contributed by atoms with E-state index in [1.807, 2.05) is 0 Å². The van der Waals surface area contributed by atoms with Crippen LogP contribution in [-0.2, 0) is 16.0 Å². The van der Waals surface area contributed by atoms with Gasteiger partial charge >= 0.3 is 0 Å². The van der Waals surface area contributed by atoms with Crippen molar-refractivity contribution in [3.8, 4) is 0 Å². The van der Waals surface area contributed by atoms with Crippen LogP contribution in [0.5, 0.6) is 0 Å². The van der Waals surface area contributed by atoms with E-state index in [-0.39, 0.29) is 5.60 Å². The summed E-state index contributed by atoms with van der Waals surface area (Å²) < 4.78 is 37.9. The van der Waals surface area contributed by atoms with E-state index in [2.05, 4.69) is 5.32 Å². The van der Waals surface area contributed by atoms with Crippen molar-refractivity contribution in [2.24, 2.45) is 0 Å². The second kappa shape index (κ2) is 6.38. The van der Waals surface area contributed by atoms with Crippen molar-refractivity contribution >= 4 is 0 Å². The van der Waals surface area contributed by atoms with Crippen LogP contribution in [0.3, 0.4) is 0 Å². The van der Waals surface area contributed by atoms with Gasteiger partial charge in [-0.2, -0.15) is 0 Å². The Hall–Kier alpha value is -1.04. The van der Waals surface area contributed by atoms with E-state index in [0.29, 0.717) is 18.2 Å². The van der Waals surface area contributed by atoms with Crippen LogP contribution >= 0.6 is 0 Å².